The SMILES string of the molecule is COc1ccc(OC[C@H]2CN(C3CCCCC3)CC[C@@H]2c2ccc(F)cc2)cc1.Cl. The van der Waals surface area contributed by atoms with Crippen LogP contribution in [0.3, 0.4) is 0 Å². The van der Waals surface area contributed by atoms with Crippen LogP contribution in [0.4, 0.5) is 4.39 Å². The lowest BCUT2D eigenvalue weighted by molar-refractivity contribution is 0.0639. The third kappa shape index (κ3) is 5.67. The molecule has 1 saturated heterocycles. The topological polar surface area (TPSA) is 21.7 Å². The molecule has 164 valence electrons. The summed E-state index contributed by atoms with van der Waals surface area (Å²) in [6.45, 7) is 2.87. The molecule has 0 spiro atoms. The van der Waals surface area contributed by atoms with E-state index in [-0.39, 0.29) is 18.2 Å². The summed E-state index contributed by atoms with van der Waals surface area (Å²) in [6, 6.07) is 15.6. The zero-order valence-electron chi connectivity index (χ0n) is 17.8. The van der Waals surface area contributed by atoms with Crippen molar-refractivity contribution in [2.45, 2.75) is 50.5 Å². The van der Waals surface area contributed by atoms with Crippen molar-refractivity contribution in [3.8, 4) is 11.5 Å². The van der Waals surface area contributed by atoms with Crippen LogP contribution in [0.5, 0.6) is 11.5 Å². The molecule has 3 nitrogen and oxygen atoms in total. The molecule has 2 aliphatic rings. The monoisotopic (exact) mass is 433 g/mol. The number of likely N-dealkylation sites (tertiary alicyclic amines) is 1. The highest BCUT2D eigenvalue weighted by Gasteiger charge is 2.34. The molecule has 30 heavy (non-hydrogen) atoms. The first kappa shape index (κ1) is 22.9. The summed E-state index contributed by atoms with van der Waals surface area (Å²) in [5.41, 5.74) is 1.23. The maximum absolute atomic E-state index is 13.4. The third-order valence-corrected chi connectivity index (χ3v) is 6.68. The van der Waals surface area contributed by atoms with Gasteiger partial charge in [0.2, 0.25) is 0 Å². The van der Waals surface area contributed by atoms with Crippen molar-refractivity contribution >= 4 is 12.4 Å². The summed E-state index contributed by atoms with van der Waals surface area (Å²) in [4.78, 5) is 2.70. The van der Waals surface area contributed by atoms with Crippen LogP contribution in [0.15, 0.2) is 48.5 Å². The highest BCUT2D eigenvalue weighted by molar-refractivity contribution is 5.85. The van der Waals surface area contributed by atoms with E-state index in [4.69, 9.17) is 9.47 Å². The van der Waals surface area contributed by atoms with E-state index in [1.807, 2.05) is 36.4 Å². The molecule has 2 aromatic rings. The fraction of sp³-hybridized carbons (Fsp3) is 0.520. The molecule has 0 aromatic heterocycles. The van der Waals surface area contributed by atoms with E-state index in [0.717, 1.165) is 37.1 Å². The van der Waals surface area contributed by atoms with Gasteiger partial charge in [0, 0.05) is 18.5 Å². The van der Waals surface area contributed by atoms with Gasteiger partial charge in [-0.3, -0.25) is 4.90 Å². The smallest absolute Gasteiger partial charge is 0.123 e. The zero-order valence-corrected chi connectivity index (χ0v) is 18.6. The molecular weight excluding hydrogens is 401 g/mol. The van der Waals surface area contributed by atoms with Gasteiger partial charge in [-0.2, -0.15) is 0 Å². The normalized spacial score (nSPS) is 22.9. The Labute approximate surface area is 186 Å². The van der Waals surface area contributed by atoms with E-state index in [0.29, 0.717) is 18.4 Å². The molecule has 2 aromatic carbocycles. The minimum absolute atomic E-state index is 0. The van der Waals surface area contributed by atoms with Gasteiger partial charge in [0.05, 0.1) is 13.7 Å². The number of hydrogen-bond donors (Lipinski definition) is 0. The summed E-state index contributed by atoms with van der Waals surface area (Å²) in [5, 5.41) is 0. The first-order valence-electron chi connectivity index (χ1n) is 11.0. The van der Waals surface area contributed by atoms with Gasteiger partial charge in [-0.05, 0) is 73.7 Å². The quantitative estimate of drug-likeness (QED) is 0.551. The van der Waals surface area contributed by atoms with Gasteiger partial charge in [-0.15, -0.1) is 12.4 Å². The van der Waals surface area contributed by atoms with E-state index in [1.165, 1.54) is 37.7 Å². The standard InChI is InChI=1S/C25H32FNO2.ClH/c1-28-23-11-13-24(14-12-23)29-18-20-17-27(22-5-3-2-4-6-22)16-15-25(20)19-7-9-21(26)10-8-19;/h7-14,20,22,25H,2-6,15-18H2,1H3;1H/t20-,25-;/m1./s1. The highest BCUT2D eigenvalue weighted by Crippen LogP contribution is 2.36. The Kier molecular flexibility index (Phi) is 8.41. The molecule has 1 aliphatic carbocycles. The van der Waals surface area contributed by atoms with Crippen LogP contribution in [0, 0.1) is 11.7 Å². The van der Waals surface area contributed by atoms with E-state index in [2.05, 4.69) is 4.90 Å². The molecule has 0 unspecified atom stereocenters. The Bertz CT molecular complexity index is 762. The molecule has 1 aliphatic heterocycles. The first-order valence-corrected chi connectivity index (χ1v) is 11.0. The van der Waals surface area contributed by atoms with E-state index in [9.17, 15) is 4.39 Å². The Hall–Kier alpha value is -1.78. The van der Waals surface area contributed by atoms with Crippen molar-refractivity contribution in [3.05, 3.63) is 59.9 Å². The van der Waals surface area contributed by atoms with Crippen molar-refractivity contribution in [2.75, 3.05) is 26.8 Å². The average Bonchev–Trinajstić information content (AvgIpc) is 2.79. The molecule has 5 heteroatoms. The largest absolute Gasteiger partial charge is 0.497 e. The number of methoxy groups -OCH3 is 1. The van der Waals surface area contributed by atoms with Gasteiger partial charge >= 0.3 is 0 Å². The molecule has 0 bridgehead atoms. The number of halogens is 2. The minimum atomic E-state index is -0.167. The van der Waals surface area contributed by atoms with Gasteiger partial charge in [0.15, 0.2) is 0 Å². The molecule has 2 fully saturated rings. The Morgan fingerprint density at radius 1 is 0.900 bits per heavy atom. The van der Waals surface area contributed by atoms with Crippen molar-refractivity contribution < 1.29 is 13.9 Å². The predicted octanol–water partition coefficient (Wildman–Crippen LogP) is 6.07. The second-order valence-corrected chi connectivity index (χ2v) is 8.48. The van der Waals surface area contributed by atoms with Crippen LogP contribution < -0.4 is 9.47 Å². The summed E-state index contributed by atoms with van der Waals surface area (Å²) < 4.78 is 24.9. The summed E-state index contributed by atoms with van der Waals surface area (Å²) in [7, 11) is 1.67. The van der Waals surface area contributed by atoms with Crippen molar-refractivity contribution in [3.63, 3.8) is 0 Å². The molecule has 1 saturated carbocycles. The molecular formula is C25H33ClFNO2. The second-order valence-electron chi connectivity index (χ2n) is 8.48. The Morgan fingerprint density at radius 2 is 1.57 bits per heavy atom. The highest BCUT2D eigenvalue weighted by atomic mass is 35.5. The second kappa shape index (κ2) is 11.0. The molecule has 2 atom stereocenters. The van der Waals surface area contributed by atoms with Crippen LogP contribution in [0.2, 0.25) is 0 Å². The van der Waals surface area contributed by atoms with Crippen molar-refractivity contribution in [1.82, 2.24) is 4.90 Å². The summed E-state index contributed by atoms with van der Waals surface area (Å²) in [5.74, 6) is 2.35. The van der Waals surface area contributed by atoms with E-state index >= 15 is 0 Å². The van der Waals surface area contributed by atoms with Gasteiger partial charge in [-0.1, -0.05) is 31.4 Å². The number of ether oxygens (including phenoxy) is 2. The van der Waals surface area contributed by atoms with Gasteiger partial charge < -0.3 is 9.47 Å². The van der Waals surface area contributed by atoms with Crippen molar-refractivity contribution in [2.24, 2.45) is 5.92 Å². The maximum atomic E-state index is 13.4. The number of benzene rings is 2. The van der Waals surface area contributed by atoms with Gasteiger partial charge in [0.1, 0.15) is 17.3 Å². The number of piperidine rings is 1. The molecule has 0 amide bonds. The first-order chi connectivity index (χ1) is 14.2. The van der Waals surface area contributed by atoms with Crippen LogP contribution in [-0.2, 0) is 0 Å². The number of nitrogens with zero attached hydrogens (tertiary/aromatic N) is 1. The van der Waals surface area contributed by atoms with Crippen LogP contribution in [0.25, 0.3) is 0 Å². The lowest BCUT2D eigenvalue weighted by Gasteiger charge is -2.43. The van der Waals surface area contributed by atoms with E-state index in [1.54, 1.807) is 19.2 Å². The molecule has 0 N–H and O–H groups in total. The van der Waals surface area contributed by atoms with Crippen molar-refractivity contribution in [1.29, 1.82) is 0 Å². The Balaban J connectivity index is 0.00000256. The van der Waals surface area contributed by atoms with E-state index < -0.39 is 0 Å². The Morgan fingerprint density at radius 3 is 2.23 bits per heavy atom. The van der Waals surface area contributed by atoms with Crippen LogP contribution in [-0.4, -0.2) is 37.7 Å². The fourth-order valence-corrected chi connectivity index (χ4v) is 5.03. The summed E-state index contributed by atoms with van der Waals surface area (Å²) >= 11 is 0. The zero-order chi connectivity index (χ0) is 20.1. The molecule has 0 radical (unpaired) electrons. The predicted molar refractivity (Wildman–Crippen MR) is 121 cm³/mol. The fourth-order valence-electron chi connectivity index (χ4n) is 5.03. The number of rotatable bonds is 6. The molecule has 1 heterocycles. The third-order valence-electron chi connectivity index (χ3n) is 6.68. The maximum Gasteiger partial charge on any atom is 0.123 e. The lowest BCUT2D eigenvalue weighted by atomic mass is 9.79. The minimum Gasteiger partial charge on any atom is -0.497 e. The van der Waals surface area contributed by atoms with Crippen LogP contribution in [0.1, 0.15) is 50.0 Å². The lowest BCUT2D eigenvalue weighted by Crippen LogP contribution is -2.47. The summed E-state index contributed by atoms with van der Waals surface area (Å²) in [6.07, 6.45) is 7.86. The average molecular weight is 434 g/mol. The van der Waals surface area contributed by atoms with Crippen LogP contribution >= 0.6 is 12.4 Å². The van der Waals surface area contributed by atoms with Gasteiger partial charge in [0.25, 0.3) is 0 Å². The van der Waals surface area contributed by atoms with Gasteiger partial charge in [-0.25, -0.2) is 4.39 Å². The molecule has 4 rings (SSSR count). The number of hydrogen-bond acceptors (Lipinski definition) is 3.